The number of ether oxygens (including phenoxy) is 2. The van der Waals surface area contributed by atoms with Gasteiger partial charge in [-0.05, 0) is 61.4 Å². The van der Waals surface area contributed by atoms with Crippen molar-refractivity contribution in [1.29, 1.82) is 0 Å². The highest BCUT2D eigenvalue weighted by molar-refractivity contribution is 6.74. The van der Waals surface area contributed by atoms with Crippen LogP contribution in [0.3, 0.4) is 0 Å². The number of rotatable bonds is 11. The van der Waals surface area contributed by atoms with Gasteiger partial charge in [-0.3, -0.25) is 0 Å². The van der Waals surface area contributed by atoms with Crippen molar-refractivity contribution in [3.05, 3.63) is 11.8 Å². The maximum atomic E-state index is 6.97. The fourth-order valence-electron chi connectivity index (χ4n) is 4.41. The predicted molar refractivity (Wildman–Crippen MR) is 161 cm³/mol. The second kappa shape index (κ2) is 12.6. The van der Waals surface area contributed by atoms with Gasteiger partial charge in [-0.25, -0.2) is 0 Å². The van der Waals surface area contributed by atoms with E-state index in [2.05, 4.69) is 89.9 Å². The van der Waals surface area contributed by atoms with Crippen LogP contribution in [0.2, 0.25) is 36.3 Å². The Hall–Kier alpha value is -1.05. The zero-order valence-electron chi connectivity index (χ0n) is 26.4. The minimum absolute atomic E-state index is 0.0672. The molecule has 38 heavy (non-hydrogen) atoms. The van der Waals surface area contributed by atoms with E-state index in [4.69, 9.17) is 24.1 Å². The molecule has 0 bridgehead atoms. The van der Waals surface area contributed by atoms with E-state index >= 15 is 0 Å². The van der Waals surface area contributed by atoms with E-state index in [0.29, 0.717) is 24.4 Å². The summed E-state index contributed by atoms with van der Waals surface area (Å²) in [5, 5.41) is 4.07. The Morgan fingerprint density at radius 3 is 2.11 bits per heavy atom. The zero-order chi connectivity index (χ0) is 29.1. The number of methoxy groups -OCH3 is 2. The van der Waals surface area contributed by atoms with E-state index in [0.717, 1.165) is 25.0 Å². The molecule has 2 heterocycles. The third kappa shape index (κ3) is 8.23. The number of hydrogen-bond acceptors (Lipinski definition) is 8. The minimum Gasteiger partial charge on any atom is -0.481 e. The quantitative estimate of drug-likeness (QED) is 0.311. The van der Waals surface area contributed by atoms with Crippen molar-refractivity contribution in [3.63, 3.8) is 0 Å². The van der Waals surface area contributed by atoms with Crippen LogP contribution in [0.15, 0.2) is 6.07 Å². The Balaban J connectivity index is 2.32. The molecule has 1 aliphatic heterocycles. The molecule has 0 aromatic carbocycles. The van der Waals surface area contributed by atoms with Crippen molar-refractivity contribution in [3.8, 4) is 11.9 Å². The van der Waals surface area contributed by atoms with Gasteiger partial charge in [-0.15, -0.1) is 0 Å². The van der Waals surface area contributed by atoms with Gasteiger partial charge in [0.15, 0.2) is 16.6 Å². The van der Waals surface area contributed by atoms with Crippen molar-refractivity contribution in [2.45, 2.75) is 128 Å². The third-order valence-corrected chi connectivity index (χ3v) is 18.1. The van der Waals surface area contributed by atoms with Gasteiger partial charge in [-0.1, -0.05) is 48.5 Å². The second-order valence-corrected chi connectivity index (χ2v) is 23.5. The number of piperidine rings is 1. The van der Waals surface area contributed by atoms with Gasteiger partial charge in [0.2, 0.25) is 5.88 Å². The lowest BCUT2D eigenvalue weighted by Crippen LogP contribution is -2.59. The zero-order valence-corrected chi connectivity index (χ0v) is 28.4. The summed E-state index contributed by atoms with van der Waals surface area (Å²) in [6.07, 6.45) is 2.70. The van der Waals surface area contributed by atoms with Crippen molar-refractivity contribution >= 4 is 16.6 Å². The molecule has 3 N–H and O–H groups in total. The smallest absolute Gasteiger partial charge is 0.319 e. The average molecular weight is 569 g/mol. The first-order chi connectivity index (χ1) is 17.3. The minimum atomic E-state index is -2.09. The summed E-state index contributed by atoms with van der Waals surface area (Å²) in [5.74, 6) is 0.839. The van der Waals surface area contributed by atoms with Crippen LogP contribution in [-0.4, -0.2) is 65.6 Å². The van der Waals surface area contributed by atoms with Crippen LogP contribution in [0, 0.1) is 5.92 Å². The summed E-state index contributed by atoms with van der Waals surface area (Å²) in [6.45, 7) is 25.8. The molecule has 8 nitrogen and oxygen atoms in total. The van der Waals surface area contributed by atoms with E-state index in [1.54, 1.807) is 14.2 Å². The summed E-state index contributed by atoms with van der Waals surface area (Å²) < 4.78 is 24.8. The number of nitrogens with one attached hydrogen (secondary N) is 1. The van der Waals surface area contributed by atoms with Crippen molar-refractivity contribution < 1.29 is 18.3 Å². The number of aromatic nitrogens is 2. The highest BCUT2D eigenvalue weighted by atomic mass is 28.4. The van der Waals surface area contributed by atoms with Gasteiger partial charge < -0.3 is 29.4 Å². The molecule has 5 atom stereocenters. The fourth-order valence-corrected chi connectivity index (χ4v) is 7.13. The van der Waals surface area contributed by atoms with E-state index < -0.39 is 16.6 Å². The van der Waals surface area contributed by atoms with Crippen LogP contribution in [0.4, 0.5) is 0 Å². The molecule has 1 saturated heterocycles. The summed E-state index contributed by atoms with van der Waals surface area (Å²) in [6, 6.07) is 2.68. The van der Waals surface area contributed by atoms with Crippen molar-refractivity contribution in [1.82, 2.24) is 15.3 Å². The molecule has 0 spiro atoms. The number of nitrogens with zero attached hydrogens (tertiary/aromatic N) is 2. The molecule has 1 aliphatic rings. The lowest BCUT2D eigenvalue weighted by atomic mass is 9.84. The van der Waals surface area contributed by atoms with Gasteiger partial charge in [0, 0.05) is 24.7 Å². The van der Waals surface area contributed by atoms with Gasteiger partial charge in [-0.2, -0.15) is 9.97 Å². The Morgan fingerprint density at radius 1 is 1.00 bits per heavy atom. The number of hydrogen-bond donors (Lipinski definition) is 2. The maximum Gasteiger partial charge on any atom is 0.319 e. The van der Waals surface area contributed by atoms with Crippen molar-refractivity contribution in [2.24, 2.45) is 11.7 Å². The largest absolute Gasteiger partial charge is 0.481 e. The molecule has 1 aromatic heterocycles. The lowest BCUT2D eigenvalue weighted by molar-refractivity contribution is 0.0461. The van der Waals surface area contributed by atoms with Gasteiger partial charge in [0.25, 0.3) is 0 Å². The standard InChI is InChI=1S/C28H56N4O4Si2/c1-19-22(18-29)30-20(16-24(19)36-38(12,13)28(5,6)7)14-15-23(35-37(10,11)27(2,3)4)21-17-25(33-8)32-26(31-21)34-9/h17,19-20,22-24,30H,14-16,18,29H2,1-13H3/t19-,20+,22-,23?,24+/m1/s1. The molecule has 0 amide bonds. The monoisotopic (exact) mass is 568 g/mol. The molecular weight excluding hydrogens is 513 g/mol. The molecular formula is C28H56N4O4Si2. The molecule has 1 fully saturated rings. The normalized spacial score (nSPS) is 24.3. The molecule has 0 aliphatic carbocycles. The molecule has 1 aromatic rings. The second-order valence-electron chi connectivity index (χ2n) is 14.0. The Labute approximate surface area is 234 Å². The van der Waals surface area contributed by atoms with E-state index in [1.807, 2.05) is 6.07 Å². The Bertz CT molecular complexity index is 880. The van der Waals surface area contributed by atoms with Crippen LogP contribution in [0.5, 0.6) is 11.9 Å². The van der Waals surface area contributed by atoms with Crippen LogP contribution in [0.25, 0.3) is 0 Å². The molecule has 1 unspecified atom stereocenters. The van der Waals surface area contributed by atoms with Crippen molar-refractivity contribution in [2.75, 3.05) is 20.8 Å². The third-order valence-electron chi connectivity index (χ3n) is 9.14. The molecule has 220 valence electrons. The molecule has 2 rings (SSSR count). The first-order valence-corrected chi connectivity index (χ1v) is 20.0. The molecule has 0 radical (unpaired) electrons. The maximum absolute atomic E-state index is 6.97. The van der Waals surface area contributed by atoms with E-state index in [9.17, 15) is 0 Å². The van der Waals surface area contributed by atoms with E-state index in [1.165, 1.54) is 0 Å². The highest BCUT2D eigenvalue weighted by Crippen LogP contribution is 2.42. The first-order valence-electron chi connectivity index (χ1n) is 14.1. The number of nitrogens with two attached hydrogens (primary N) is 1. The van der Waals surface area contributed by atoms with Crippen LogP contribution in [0.1, 0.15) is 79.5 Å². The summed E-state index contributed by atoms with van der Waals surface area (Å²) in [7, 11) is -0.818. The summed E-state index contributed by atoms with van der Waals surface area (Å²) in [4.78, 5) is 8.99. The summed E-state index contributed by atoms with van der Waals surface area (Å²) in [5.41, 5.74) is 7.04. The van der Waals surface area contributed by atoms with Crippen LogP contribution in [-0.2, 0) is 8.85 Å². The van der Waals surface area contributed by atoms with E-state index in [-0.39, 0.29) is 34.4 Å². The van der Waals surface area contributed by atoms with Gasteiger partial charge >= 0.3 is 6.01 Å². The fraction of sp³-hybridized carbons (Fsp3) is 0.857. The lowest BCUT2D eigenvalue weighted by Gasteiger charge is -2.47. The van der Waals surface area contributed by atoms with Crippen LogP contribution < -0.4 is 20.5 Å². The first kappa shape index (κ1) is 33.2. The van der Waals surface area contributed by atoms with Gasteiger partial charge in [0.05, 0.1) is 32.1 Å². The molecule has 10 heteroatoms. The summed E-state index contributed by atoms with van der Waals surface area (Å²) >= 11 is 0. The predicted octanol–water partition coefficient (Wildman–Crippen LogP) is 6.05. The highest BCUT2D eigenvalue weighted by Gasteiger charge is 2.44. The average Bonchev–Trinajstić information content (AvgIpc) is 2.81. The van der Waals surface area contributed by atoms with Gasteiger partial charge in [0.1, 0.15) is 0 Å². The SMILES string of the molecule is COc1cc(C(CC[C@H]2C[C@H](O[Si](C)(C)C(C)(C)C)[C@H](C)[C@@H](CN)N2)O[Si](C)(C)C(C)(C)C)nc(OC)n1. The Morgan fingerprint density at radius 2 is 1.61 bits per heavy atom. The van der Waals surface area contributed by atoms with Crippen LogP contribution >= 0.6 is 0 Å². The molecule has 0 saturated carbocycles. The Kier molecular flexibility index (Phi) is 11.0. The topological polar surface area (TPSA) is 101 Å².